The zero-order valence-corrected chi connectivity index (χ0v) is 15.7. The van der Waals surface area contributed by atoms with E-state index in [1.54, 1.807) is 20.9 Å². The number of sulfone groups is 1. The standard InChI is InChI=1S/C13H25N3O2S.HI/c1-13(2)10-16(8-9-19(13,17)18)12(14-3)15-7-6-11-4-5-11;/h11H,4-10H2,1-3H3,(H,14,15);1H. The van der Waals surface area contributed by atoms with Gasteiger partial charge in [-0.1, -0.05) is 12.8 Å². The molecule has 0 aromatic heterocycles. The number of nitrogens with zero attached hydrogens (tertiary/aromatic N) is 2. The maximum absolute atomic E-state index is 12.0. The van der Waals surface area contributed by atoms with Gasteiger partial charge < -0.3 is 10.2 Å². The second-order valence-corrected chi connectivity index (χ2v) is 8.95. The third-order valence-corrected chi connectivity index (χ3v) is 6.62. The van der Waals surface area contributed by atoms with Gasteiger partial charge in [0, 0.05) is 26.7 Å². The third-order valence-electron chi connectivity index (χ3n) is 4.09. The van der Waals surface area contributed by atoms with Crippen molar-refractivity contribution in [2.75, 3.05) is 32.4 Å². The van der Waals surface area contributed by atoms with Gasteiger partial charge in [-0.25, -0.2) is 8.42 Å². The fourth-order valence-corrected chi connectivity index (χ4v) is 3.82. The van der Waals surface area contributed by atoms with Gasteiger partial charge in [-0.2, -0.15) is 0 Å². The quantitative estimate of drug-likeness (QED) is 0.431. The van der Waals surface area contributed by atoms with Crippen LogP contribution < -0.4 is 5.32 Å². The fraction of sp³-hybridized carbons (Fsp3) is 0.923. The summed E-state index contributed by atoms with van der Waals surface area (Å²) in [5, 5.41) is 3.36. The molecule has 1 saturated carbocycles. The number of rotatable bonds is 3. The molecule has 0 unspecified atom stereocenters. The summed E-state index contributed by atoms with van der Waals surface area (Å²) in [6.45, 7) is 5.58. The van der Waals surface area contributed by atoms with Crippen molar-refractivity contribution in [1.82, 2.24) is 10.2 Å². The molecule has 1 aliphatic heterocycles. The highest BCUT2D eigenvalue weighted by Crippen LogP contribution is 2.31. The minimum atomic E-state index is -2.98. The Labute approximate surface area is 139 Å². The first-order valence-corrected chi connectivity index (χ1v) is 8.69. The summed E-state index contributed by atoms with van der Waals surface area (Å²) in [6.07, 6.45) is 3.90. The third kappa shape index (κ3) is 4.22. The average molecular weight is 415 g/mol. The highest BCUT2D eigenvalue weighted by molar-refractivity contribution is 14.0. The van der Waals surface area contributed by atoms with E-state index in [-0.39, 0.29) is 29.7 Å². The lowest BCUT2D eigenvalue weighted by molar-refractivity contribution is 0.353. The van der Waals surface area contributed by atoms with E-state index in [2.05, 4.69) is 15.2 Å². The summed E-state index contributed by atoms with van der Waals surface area (Å²) in [4.78, 5) is 6.34. The lowest BCUT2D eigenvalue weighted by Crippen LogP contribution is -2.57. The van der Waals surface area contributed by atoms with Crippen LogP contribution in [0.3, 0.4) is 0 Å². The van der Waals surface area contributed by atoms with E-state index in [0.29, 0.717) is 13.1 Å². The zero-order valence-electron chi connectivity index (χ0n) is 12.6. The maximum atomic E-state index is 12.0. The molecule has 0 aromatic rings. The summed E-state index contributed by atoms with van der Waals surface area (Å²) in [5.74, 6) is 1.94. The Bertz CT molecular complexity index is 458. The van der Waals surface area contributed by atoms with Crippen LogP contribution in [0.5, 0.6) is 0 Å². The summed E-state index contributed by atoms with van der Waals surface area (Å²) in [5.41, 5.74) is 0. The molecule has 0 spiro atoms. The van der Waals surface area contributed by atoms with E-state index >= 15 is 0 Å². The van der Waals surface area contributed by atoms with Crippen LogP contribution in [0.25, 0.3) is 0 Å². The summed E-state index contributed by atoms with van der Waals surface area (Å²) in [7, 11) is -1.22. The van der Waals surface area contributed by atoms with Crippen molar-refractivity contribution >= 4 is 39.8 Å². The van der Waals surface area contributed by atoms with Crippen LogP contribution in [-0.2, 0) is 9.84 Å². The predicted octanol–water partition coefficient (Wildman–Crippen LogP) is 1.49. The number of guanidine groups is 1. The minimum Gasteiger partial charge on any atom is -0.356 e. The van der Waals surface area contributed by atoms with E-state index in [4.69, 9.17) is 0 Å². The highest BCUT2D eigenvalue weighted by atomic mass is 127. The van der Waals surface area contributed by atoms with Crippen LogP contribution in [0, 0.1) is 5.92 Å². The van der Waals surface area contributed by atoms with Gasteiger partial charge in [0.05, 0.1) is 10.5 Å². The second kappa shape index (κ2) is 6.81. The van der Waals surface area contributed by atoms with Gasteiger partial charge in [-0.3, -0.25) is 4.99 Å². The topological polar surface area (TPSA) is 61.8 Å². The SMILES string of the molecule is CN=C(NCCC1CC1)N1CCS(=O)(=O)C(C)(C)C1.I. The van der Waals surface area contributed by atoms with Gasteiger partial charge in [0.25, 0.3) is 0 Å². The number of nitrogens with one attached hydrogen (secondary N) is 1. The fourth-order valence-electron chi connectivity index (χ4n) is 2.45. The van der Waals surface area contributed by atoms with E-state index in [9.17, 15) is 8.42 Å². The first-order chi connectivity index (χ1) is 8.86. The van der Waals surface area contributed by atoms with Crippen molar-refractivity contribution in [1.29, 1.82) is 0 Å². The van der Waals surface area contributed by atoms with E-state index < -0.39 is 14.6 Å². The van der Waals surface area contributed by atoms with Crippen LogP contribution in [0.4, 0.5) is 0 Å². The number of hydrogen-bond acceptors (Lipinski definition) is 3. The monoisotopic (exact) mass is 415 g/mol. The zero-order chi connectivity index (χ0) is 14.1. The molecular formula is C13H26IN3O2S. The molecule has 20 heavy (non-hydrogen) atoms. The van der Waals surface area contributed by atoms with E-state index in [1.165, 1.54) is 19.3 Å². The van der Waals surface area contributed by atoms with Crippen molar-refractivity contribution in [2.45, 2.75) is 37.9 Å². The first kappa shape index (κ1) is 18.0. The van der Waals surface area contributed by atoms with Crippen LogP contribution >= 0.6 is 24.0 Å². The highest BCUT2D eigenvalue weighted by Gasteiger charge is 2.40. The van der Waals surface area contributed by atoms with Gasteiger partial charge in [-0.05, 0) is 26.2 Å². The van der Waals surface area contributed by atoms with Crippen LogP contribution in [0.15, 0.2) is 4.99 Å². The Morgan fingerprint density at radius 3 is 2.55 bits per heavy atom. The molecule has 0 radical (unpaired) electrons. The van der Waals surface area contributed by atoms with Gasteiger partial charge >= 0.3 is 0 Å². The number of aliphatic imine (C=N–C) groups is 1. The second-order valence-electron chi connectivity index (χ2n) is 6.21. The summed E-state index contributed by atoms with van der Waals surface area (Å²) >= 11 is 0. The molecule has 5 nitrogen and oxygen atoms in total. The molecule has 2 rings (SSSR count). The molecule has 0 bridgehead atoms. The van der Waals surface area contributed by atoms with Gasteiger partial charge in [0.15, 0.2) is 15.8 Å². The van der Waals surface area contributed by atoms with Crippen molar-refractivity contribution in [2.24, 2.45) is 10.9 Å². The van der Waals surface area contributed by atoms with Crippen molar-refractivity contribution < 1.29 is 8.42 Å². The lowest BCUT2D eigenvalue weighted by atomic mass is 10.2. The van der Waals surface area contributed by atoms with Crippen molar-refractivity contribution in [3.63, 3.8) is 0 Å². The Morgan fingerprint density at radius 2 is 2.05 bits per heavy atom. The van der Waals surface area contributed by atoms with Gasteiger partial charge in [0.2, 0.25) is 0 Å². The molecule has 2 fully saturated rings. The molecule has 1 N–H and O–H groups in total. The predicted molar refractivity (Wildman–Crippen MR) is 93.6 cm³/mol. The average Bonchev–Trinajstić information content (AvgIpc) is 3.13. The van der Waals surface area contributed by atoms with Crippen LogP contribution in [-0.4, -0.2) is 56.5 Å². The van der Waals surface area contributed by atoms with E-state index in [0.717, 1.165) is 18.4 Å². The molecular weight excluding hydrogens is 389 g/mol. The van der Waals surface area contributed by atoms with Crippen molar-refractivity contribution in [3.05, 3.63) is 0 Å². The first-order valence-electron chi connectivity index (χ1n) is 7.03. The maximum Gasteiger partial charge on any atom is 0.193 e. The number of hydrogen-bond donors (Lipinski definition) is 1. The summed E-state index contributed by atoms with van der Waals surface area (Å²) < 4.78 is 23.3. The largest absolute Gasteiger partial charge is 0.356 e. The smallest absolute Gasteiger partial charge is 0.193 e. The van der Waals surface area contributed by atoms with Crippen LogP contribution in [0.2, 0.25) is 0 Å². The van der Waals surface area contributed by atoms with Gasteiger partial charge in [0.1, 0.15) is 0 Å². The molecule has 0 amide bonds. The Kier molecular flexibility index (Phi) is 6.13. The molecule has 0 aromatic carbocycles. The molecule has 1 heterocycles. The Balaban J connectivity index is 0.00000200. The lowest BCUT2D eigenvalue weighted by Gasteiger charge is -2.39. The molecule has 1 saturated heterocycles. The summed E-state index contributed by atoms with van der Waals surface area (Å²) in [6, 6.07) is 0. The Hall–Kier alpha value is -0.0500. The molecule has 1 aliphatic carbocycles. The normalized spacial score (nSPS) is 24.9. The van der Waals surface area contributed by atoms with Crippen molar-refractivity contribution in [3.8, 4) is 0 Å². The molecule has 2 aliphatic rings. The molecule has 118 valence electrons. The number of halogens is 1. The van der Waals surface area contributed by atoms with Gasteiger partial charge in [-0.15, -0.1) is 24.0 Å². The van der Waals surface area contributed by atoms with Crippen LogP contribution in [0.1, 0.15) is 33.1 Å². The minimum absolute atomic E-state index is 0. The molecule has 0 atom stereocenters. The van der Waals surface area contributed by atoms with E-state index in [1.807, 2.05) is 0 Å². The molecule has 7 heteroatoms. The Morgan fingerprint density at radius 1 is 1.40 bits per heavy atom.